The van der Waals surface area contributed by atoms with Gasteiger partial charge in [0.1, 0.15) is 5.75 Å². The van der Waals surface area contributed by atoms with Gasteiger partial charge < -0.3 is 9.47 Å². The molecular formula is C15H19ClFNO5S. The highest BCUT2D eigenvalue weighted by Crippen LogP contribution is 2.33. The first-order chi connectivity index (χ1) is 11.2. The van der Waals surface area contributed by atoms with Crippen molar-refractivity contribution < 1.29 is 27.1 Å². The van der Waals surface area contributed by atoms with Gasteiger partial charge in [0.15, 0.2) is 0 Å². The van der Waals surface area contributed by atoms with Crippen molar-refractivity contribution in [2.24, 2.45) is 0 Å². The van der Waals surface area contributed by atoms with Gasteiger partial charge in [-0.25, -0.2) is 17.6 Å². The zero-order chi connectivity index (χ0) is 18.0. The van der Waals surface area contributed by atoms with Crippen LogP contribution in [0.15, 0.2) is 23.1 Å². The average molecular weight is 380 g/mol. The van der Waals surface area contributed by atoms with Crippen LogP contribution >= 0.6 is 11.6 Å². The van der Waals surface area contributed by atoms with Crippen molar-refractivity contribution in [1.29, 1.82) is 0 Å². The Morgan fingerprint density at radius 3 is 2.50 bits per heavy atom. The number of hydrogen-bond acceptors (Lipinski definition) is 5. The monoisotopic (exact) mass is 379 g/mol. The summed E-state index contributed by atoms with van der Waals surface area (Å²) in [4.78, 5) is 11.7. The Hall–Kier alpha value is -1.38. The van der Waals surface area contributed by atoms with Crippen molar-refractivity contribution in [1.82, 2.24) is 4.31 Å². The number of hydrogen-bond donors (Lipinski definition) is 0. The molecule has 0 aliphatic carbocycles. The lowest BCUT2D eigenvalue weighted by Crippen LogP contribution is -2.48. The predicted octanol–water partition coefficient (Wildman–Crippen LogP) is 2.40. The summed E-state index contributed by atoms with van der Waals surface area (Å²) in [5, 5.41) is 0.168. The van der Waals surface area contributed by atoms with Gasteiger partial charge in [0.2, 0.25) is 15.7 Å². The van der Waals surface area contributed by atoms with Crippen LogP contribution in [0.3, 0.4) is 0 Å². The van der Waals surface area contributed by atoms with E-state index in [4.69, 9.17) is 21.1 Å². The summed E-state index contributed by atoms with van der Waals surface area (Å²) in [6.07, 6.45) is -0.482. The van der Waals surface area contributed by atoms with Crippen molar-refractivity contribution in [2.45, 2.75) is 30.3 Å². The Kier molecular flexibility index (Phi) is 5.72. The summed E-state index contributed by atoms with van der Waals surface area (Å²) in [6.45, 7) is 1.45. The predicted molar refractivity (Wildman–Crippen MR) is 86.5 cm³/mol. The van der Waals surface area contributed by atoms with E-state index in [9.17, 15) is 17.6 Å². The second kappa shape index (κ2) is 7.25. The van der Waals surface area contributed by atoms with Gasteiger partial charge in [-0.05, 0) is 25.1 Å². The molecule has 0 atom stereocenters. The smallest absolute Gasteiger partial charge is 0.343 e. The minimum absolute atomic E-state index is 0.00390. The quantitative estimate of drug-likeness (QED) is 0.734. The van der Waals surface area contributed by atoms with E-state index in [2.05, 4.69) is 0 Å². The van der Waals surface area contributed by atoms with Gasteiger partial charge in [-0.1, -0.05) is 11.6 Å². The van der Waals surface area contributed by atoms with E-state index in [0.717, 1.165) is 4.31 Å². The molecule has 1 heterocycles. The Morgan fingerprint density at radius 1 is 1.38 bits per heavy atom. The van der Waals surface area contributed by atoms with Gasteiger partial charge in [0.05, 0.1) is 23.6 Å². The van der Waals surface area contributed by atoms with Crippen LogP contribution in [-0.4, -0.2) is 51.2 Å². The molecule has 0 amide bonds. The van der Waals surface area contributed by atoms with E-state index < -0.39 is 21.7 Å². The summed E-state index contributed by atoms with van der Waals surface area (Å²) in [5.74, 6) is -0.575. The number of methoxy groups -OCH3 is 1. The Bertz CT molecular complexity index is 717. The van der Waals surface area contributed by atoms with Crippen LogP contribution in [0.1, 0.15) is 19.8 Å². The third-order valence-corrected chi connectivity index (χ3v) is 6.11. The molecule has 0 N–H and O–H groups in total. The van der Waals surface area contributed by atoms with Gasteiger partial charge in [-0.3, -0.25) is 0 Å². The minimum Gasteiger partial charge on any atom is -0.495 e. The second-order valence-corrected chi connectivity index (χ2v) is 7.73. The summed E-state index contributed by atoms with van der Waals surface area (Å²) >= 11 is 5.97. The molecule has 0 aromatic heterocycles. The topological polar surface area (TPSA) is 72.9 Å². The van der Waals surface area contributed by atoms with E-state index in [1.54, 1.807) is 6.92 Å². The molecule has 0 unspecified atom stereocenters. The number of carbonyl (C=O) groups excluding carboxylic acids is 1. The molecule has 1 saturated heterocycles. The normalized spacial score (nSPS) is 18.2. The van der Waals surface area contributed by atoms with Gasteiger partial charge >= 0.3 is 5.97 Å². The molecular weight excluding hydrogens is 361 g/mol. The van der Waals surface area contributed by atoms with Gasteiger partial charge in [-0.2, -0.15) is 4.31 Å². The number of carbonyl (C=O) groups is 1. The van der Waals surface area contributed by atoms with Gasteiger partial charge in [-0.15, -0.1) is 0 Å². The molecule has 134 valence electrons. The molecule has 1 aliphatic rings. The molecule has 2 rings (SSSR count). The lowest BCUT2D eigenvalue weighted by atomic mass is 9.95. The molecule has 24 heavy (non-hydrogen) atoms. The fourth-order valence-electron chi connectivity index (χ4n) is 2.50. The molecule has 1 aromatic carbocycles. The lowest BCUT2D eigenvalue weighted by Gasteiger charge is -2.34. The van der Waals surface area contributed by atoms with E-state index >= 15 is 0 Å². The van der Waals surface area contributed by atoms with Crippen molar-refractivity contribution in [3.05, 3.63) is 23.2 Å². The lowest BCUT2D eigenvalue weighted by molar-refractivity contribution is -0.160. The van der Waals surface area contributed by atoms with Gasteiger partial charge in [0, 0.05) is 25.9 Å². The van der Waals surface area contributed by atoms with Crippen molar-refractivity contribution in [2.75, 3.05) is 26.8 Å². The molecule has 0 spiro atoms. The highest BCUT2D eigenvalue weighted by atomic mass is 35.5. The molecule has 6 nitrogen and oxygen atoms in total. The first-order valence-corrected chi connectivity index (χ1v) is 9.26. The van der Waals surface area contributed by atoms with Gasteiger partial charge in [0.25, 0.3) is 0 Å². The molecule has 0 bridgehead atoms. The highest BCUT2D eigenvalue weighted by molar-refractivity contribution is 7.89. The fraction of sp³-hybridized carbons (Fsp3) is 0.533. The Labute approximate surface area is 145 Å². The molecule has 0 saturated carbocycles. The van der Waals surface area contributed by atoms with Crippen molar-refractivity contribution >= 4 is 27.6 Å². The number of sulfonamides is 1. The summed E-state index contributed by atoms with van der Waals surface area (Å²) < 4.78 is 50.7. The van der Waals surface area contributed by atoms with Crippen molar-refractivity contribution in [3.8, 4) is 5.75 Å². The van der Waals surface area contributed by atoms with E-state index in [1.807, 2.05) is 0 Å². The zero-order valence-electron chi connectivity index (χ0n) is 13.4. The maximum Gasteiger partial charge on any atom is 0.343 e. The number of ether oxygens (including phenoxy) is 2. The maximum atomic E-state index is 14.5. The maximum absolute atomic E-state index is 14.5. The first-order valence-electron chi connectivity index (χ1n) is 7.44. The number of piperidine rings is 1. The van der Waals surface area contributed by atoms with Crippen LogP contribution in [0.2, 0.25) is 5.02 Å². The molecule has 1 aliphatic heterocycles. The molecule has 1 aromatic rings. The zero-order valence-corrected chi connectivity index (χ0v) is 15.0. The molecule has 9 heteroatoms. The van der Waals surface area contributed by atoms with Crippen LogP contribution in [0.25, 0.3) is 0 Å². The van der Waals surface area contributed by atoms with Crippen LogP contribution in [-0.2, 0) is 19.6 Å². The van der Waals surface area contributed by atoms with Crippen LogP contribution in [0, 0.1) is 0 Å². The SMILES string of the molecule is CCOC(=O)C1(F)CCN(S(=O)(=O)c2ccc(OC)c(Cl)c2)CC1. The highest BCUT2D eigenvalue weighted by Gasteiger charge is 2.45. The molecule has 1 fully saturated rings. The summed E-state index contributed by atoms with van der Waals surface area (Å²) in [7, 11) is -2.40. The minimum atomic E-state index is -3.82. The van der Waals surface area contributed by atoms with E-state index in [-0.39, 0.29) is 42.5 Å². The molecule has 0 radical (unpaired) electrons. The average Bonchev–Trinajstić information content (AvgIpc) is 2.55. The van der Waals surface area contributed by atoms with Crippen LogP contribution in [0.5, 0.6) is 5.75 Å². The number of alkyl halides is 1. The van der Waals surface area contributed by atoms with E-state index in [1.165, 1.54) is 25.3 Å². The largest absolute Gasteiger partial charge is 0.495 e. The Balaban J connectivity index is 2.15. The number of benzene rings is 1. The number of esters is 1. The van der Waals surface area contributed by atoms with Crippen molar-refractivity contribution in [3.63, 3.8) is 0 Å². The third kappa shape index (κ3) is 3.65. The summed E-state index contributed by atoms with van der Waals surface area (Å²) in [5.41, 5.74) is -2.14. The number of rotatable bonds is 5. The standard InChI is InChI=1S/C15H19ClFNO5S/c1-3-23-14(19)15(17)6-8-18(9-7-15)24(20,21)11-4-5-13(22-2)12(16)10-11/h4-5,10H,3,6-9H2,1-2H3. The summed E-state index contributed by atoms with van der Waals surface area (Å²) in [6, 6.07) is 4.12. The van der Waals surface area contributed by atoms with E-state index in [0.29, 0.717) is 5.75 Å². The first kappa shape index (κ1) is 19.0. The Morgan fingerprint density at radius 2 is 2.00 bits per heavy atom. The second-order valence-electron chi connectivity index (χ2n) is 5.39. The third-order valence-electron chi connectivity index (χ3n) is 3.92. The number of nitrogens with zero attached hydrogens (tertiary/aromatic N) is 1. The fourth-order valence-corrected chi connectivity index (χ4v) is 4.29. The van der Waals surface area contributed by atoms with Crippen LogP contribution in [0.4, 0.5) is 4.39 Å². The number of halogens is 2. The van der Waals surface area contributed by atoms with Crippen LogP contribution < -0.4 is 4.74 Å².